The lowest BCUT2D eigenvalue weighted by Crippen LogP contribution is -2.31. The zero-order valence-corrected chi connectivity index (χ0v) is 13.1. The minimum Gasteiger partial charge on any atom is -0.334 e. The molecule has 0 spiro atoms. The molecule has 0 bridgehead atoms. The molecule has 2 aromatic carbocycles. The van der Waals surface area contributed by atoms with Crippen LogP contribution in [0.3, 0.4) is 0 Å². The van der Waals surface area contributed by atoms with E-state index >= 15 is 0 Å². The molecule has 1 heterocycles. The molecule has 0 aliphatic carbocycles. The summed E-state index contributed by atoms with van der Waals surface area (Å²) in [5.41, 5.74) is 2.86. The van der Waals surface area contributed by atoms with Gasteiger partial charge in [0.1, 0.15) is 5.82 Å². The summed E-state index contributed by atoms with van der Waals surface area (Å²) in [7, 11) is 0. The van der Waals surface area contributed by atoms with Crippen LogP contribution in [0.4, 0.5) is 4.39 Å². The number of carbonyl (C=O) groups excluding carboxylic acids is 1. The number of amides is 1. The summed E-state index contributed by atoms with van der Waals surface area (Å²) < 4.78 is 13.9. The summed E-state index contributed by atoms with van der Waals surface area (Å²) >= 11 is 3.18. The largest absolute Gasteiger partial charge is 0.334 e. The maximum atomic E-state index is 13.6. The predicted octanol–water partition coefficient (Wildman–Crippen LogP) is 4.18. The van der Waals surface area contributed by atoms with E-state index in [0.29, 0.717) is 18.7 Å². The van der Waals surface area contributed by atoms with E-state index in [2.05, 4.69) is 28.1 Å². The molecule has 4 heteroatoms. The molecule has 108 valence electrons. The number of rotatable bonds is 1. The van der Waals surface area contributed by atoms with Gasteiger partial charge in [-0.05, 0) is 52.0 Å². The first-order chi connectivity index (χ1) is 10.2. The van der Waals surface area contributed by atoms with Crippen molar-refractivity contribution >= 4 is 21.8 Å². The molecular weight excluding hydrogens is 333 g/mol. The number of halogens is 2. The standard InChI is InChI=1S/C17H15BrFNO/c18-16-14(8-3-9-15(16)19)17(21)20-10-4-7-12-5-1-2-6-13(12)11-20/h1-3,5-6,8-9H,4,7,10-11H2. The number of hydrogen-bond acceptors (Lipinski definition) is 1. The Balaban J connectivity index is 1.90. The van der Waals surface area contributed by atoms with E-state index in [1.807, 2.05) is 12.1 Å². The molecule has 0 aromatic heterocycles. The van der Waals surface area contributed by atoms with Crippen molar-refractivity contribution in [2.75, 3.05) is 6.54 Å². The molecule has 1 aliphatic heterocycles. The summed E-state index contributed by atoms with van der Waals surface area (Å²) in [6, 6.07) is 12.8. The quantitative estimate of drug-likeness (QED) is 0.757. The Labute approximate surface area is 131 Å². The SMILES string of the molecule is O=C(c1cccc(F)c1Br)N1CCCc2ccccc2C1. The number of aryl methyl sites for hydroxylation is 1. The molecule has 2 aromatic rings. The highest BCUT2D eigenvalue weighted by atomic mass is 79.9. The van der Waals surface area contributed by atoms with Crippen LogP contribution in [0.25, 0.3) is 0 Å². The van der Waals surface area contributed by atoms with Gasteiger partial charge in [-0.1, -0.05) is 30.3 Å². The third-order valence-electron chi connectivity index (χ3n) is 3.82. The first-order valence-electron chi connectivity index (χ1n) is 6.97. The molecule has 0 saturated heterocycles. The molecule has 0 radical (unpaired) electrons. The van der Waals surface area contributed by atoms with E-state index in [0.717, 1.165) is 12.8 Å². The number of hydrogen-bond donors (Lipinski definition) is 0. The lowest BCUT2D eigenvalue weighted by Gasteiger charge is -2.21. The Kier molecular flexibility index (Phi) is 4.06. The summed E-state index contributed by atoms with van der Waals surface area (Å²) in [5, 5.41) is 0. The van der Waals surface area contributed by atoms with E-state index in [4.69, 9.17) is 0 Å². The van der Waals surface area contributed by atoms with Gasteiger partial charge >= 0.3 is 0 Å². The van der Waals surface area contributed by atoms with Crippen LogP contribution in [0, 0.1) is 5.82 Å². The van der Waals surface area contributed by atoms with Crippen molar-refractivity contribution in [1.82, 2.24) is 4.90 Å². The first-order valence-corrected chi connectivity index (χ1v) is 7.76. The van der Waals surface area contributed by atoms with Crippen molar-refractivity contribution in [3.8, 4) is 0 Å². The molecule has 3 rings (SSSR count). The topological polar surface area (TPSA) is 20.3 Å². The Morgan fingerprint density at radius 3 is 2.67 bits per heavy atom. The number of benzene rings is 2. The van der Waals surface area contributed by atoms with E-state index in [1.165, 1.54) is 17.2 Å². The van der Waals surface area contributed by atoms with Crippen LogP contribution in [-0.4, -0.2) is 17.4 Å². The van der Waals surface area contributed by atoms with Gasteiger partial charge in [-0.15, -0.1) is 0 Å². The Hall–Kier alpha value is -1.68. The Morgan fingerprint density at radius 2 is 1.86 bits per heavy atom. The third-order valence-corrected chi connectivity index (χ3v) is 4.63. The van der Waals surface area contributed by atoms with Crippen molar-refractivity contribution in [3.05, 3.63) is 69.4 Å². The third kappa shape index (κ3) is 2.86. The Bertz CT molecular complexity index is 686. The minimum atomic E-state index is -0.406. The van der Waals surface area contributed by atoms with Gasteiger partial charge in [0, 0.05) is 13.1 Å². The first kappa shape index (κ1) is 14.3. The normalized spacial score (nSPS) is 14.5. The van der Waals surface area contributed by atoms with Gasteiger partial charge in [0.2, 0.25) is 0 Å². The van der Waals surface area contributed by atoms with E-state index in [9.17, 15) is 9.18 Å². The molecule has 1 aliphatic rings. The van der Waals surface area contributed by atoms with Gasteiger partial charge in [0.05, 0.1) is 10.0 Å². The van der Waals surface area contributed by atoms with E-state index in [1.54, 1.807) is 17.0 Å². The highest BCUT2D eigenvalue weighted by Gasteiger charge is 2.22. The second kappa shape index (κ2) is 5.98. The van der Waals surface area contributed by atoms with E-state index < -0.39 is 5.82 Å². The predicted molar refractivity (Wildman–Crippen MR) is 83.6 cm³/mol. The summed E-state index contributed by atoms with van der Waals surface area (Å²) in [5.74, 6) is -0.533. The molecule has 0 fully saturated rings. The summed E-state index contributed by atoms with van der Waals surface area (Å²) in [4.78, 5) is 14.5. The highest BCUT2D eigenvalue weighted by Crippen LogP contribution is 2.25. The van der Waals surface area contributed by atoms with E-state index in [-0.39, 0.29) is 10.4 Å². The van der Waals surface area contributed by atoms with Crippen molar-refractivity contribution in [3.63, 3.8) is 0 Å². The fraction of sp³-hybridized carbons (Fsp3) is 0.235. The molecule has 0 unspecified atom stereocenters. The fourth-order valence-corrected chi connectivity index (χ4v) is 3.15. The Morgan fingerprint density at radius 1 is 1.10 bits per heavy atom. The lowest BCUT2D eigenvalue weighted by molar-refractivity contribution is 0.0744. The second-order valence-electron chi connectivity index (χ2n) is 5.20. The molecule has 1 amide bonds. The number of fused-ring (bicyclic) bond motifs is 1. The summed E-state index contributed by atoms with van der Waals surface area (Å²) in [6.07, 6.45) is 1.90. The average Bonchev–Trinajstić information content (AvgIpc) is 2.71. The maximum Gasteiger partial charge on any atom is 0.255 e. The van der Waals surface area contributed by atoms with Crippen LogP contribution in [0.2, 0.25) is 0 Å². The molecule has 21 heavy (non-hydrogen) atoms. The molecule has 0 N–H and O–H groups in total. The van der Waals surface area contributed by atoms with Crippen LogP contribution in [0.1, 0.15) is 27.9 Å². The van der Waals surface area contributed by atoms with Crippen molar-refractivity contribution in [1.29, 1.82) is 0 Å². The maximum absolute atomic E-state index is 13.6. The van der Waals surface area contributed by atoms with Crippen molar-refractivity contribution in [2.24, 2.45) is 0 Å². The van der Waals surface area contributed by atoms with Gasteiger partial charge in [-0.3, -0.25) is 4.79 Å². The highest BCUT2D eigenvalue weighted by molar-refractivity contribution is 9.10. The monoisotopic (exact) mass is 347 g/mol. The number of carbonyl (C=O) groups is 1. The molecule has 0 saturated carbocycles. The van der Waals surface area contributed by atoms with Crippen LogP contribution in [0.5, 0.6) is 0 Å². The lowest BCUT2D eigenvalue weighted by atomic mass is 10.0. The van der Waals surface area contributed by atoms with Gasteiger partial charge < -0.3 is 4.90 Å². The van der Waals surface area contributed by atoms with Gasteiger partial charge in [0.15, 0.2) is 0 Å². The molecule has 2 nitrogen and oxygen atoms in total. The molecular formula is C17H15BrFNO. The zero-order chi connectivity index (χ0) is 14.8. The van der Waals surface area contributed by atoms with Crippen LogP contribution >= 0.6 is 15.9 Å². The summed E-state index contributed by atoms with van der Waals surface area (Å²) in [6.45, 7) is 1.27. The average molecular weight is 348 g/mol. The van der Waals surface area contributed by atoms with Gasteiger partial charge in [-0.25, -0.2) is 4.39 Å². The second-order valence-corrected chi connectivity index (χ2v) is 5.99. The van der Waals surface area contributed by atoms with Crippen molar-refractivity contribution < 1.29 is 9.18 Å². The number of nitrogens with zero attached hydrogens (tertiary/aromatic N) is 1. The van der Waals surface area contributed by atoms with Crippen molar-refractivity contribution in [2.45, 2.75) is 19.4 Å². The smallest absolute Gasteiger partial charge is 0.255 e. The van der Waals surface area contributed by atoms with Gasteiger partial charge in [0.25, 0.3) is 5.91 Å². The molecule has 0 atom stereocenters. The van der Waals surface area contributed by atoms with Crippen LogP contribution in [-0.2, 0) is 13.0 Å². The minimum absolute atomic E-state index is 0.127. The fourth-order valence-electron chi connectivity index (χ4n) is 2.71. The zero-order valence-electron chi connectivity index (χ0n) is 11.5. The van der Waals surface area contributed by atoms with Crippen LogP contribution < -0.4 is 0 Å². The van der Waals surface area contributed by atoms with Gasteiger partial charge in [-0.2, -0.15) is 0 Å². The van der Waals surface area contributed by atoms with Crippen LogP contribution in [0.15, 0.2) is 46.9 Å².